The summed E-state index contributed by atoms with van der Waals surface area (Å²) < 4.78 is 11.4. The third kappa shape index (κ3) is 4.16. The maximum absolute atomic E-state index is 12.4. The average Bonchev–Trinajstić information content (AvgIpc) is 2.84. The molecule has 1 N–H and O–H groups in total. The Kier molecular flexibility index (Phi) is 5.39. The number of aryl methyl sites for hydroxylation is 1. The van der Waals surface area contributed by atoms with Gasteiger partial charge in [-0.2, -0.15) is 0 Å². The average molecular weight is 318 g/mol. The summed E-state index contributed by atoms with van der Waals surface area (Å²) in [5.74, 6) is 1.86. The molecule has 126 valence electrons. The van der Waals surface area contributed by atoms with Crippen LogP contribution in [0.4, 0.5) is 0 Å². The van der Waals surface area contributed by atoms with Crippen molar-refractivity contribution in [1.29, 1.82) is 0 Å². The second-order valence-electron chi connectivity index (χ2n) is 6.30. The Hall–Kier alpha value is -1.75. The van der Waals surface area contributed by atoms with Gasteiger partial charge in [-0.25, -0.2) is 0 Å². The highest BCUT2D eigenvalue weighted by Gasteiger charge is 2.22. The van der Waals surface area contributed by atoms with Crippen LogP contribution in [-0.4, -0.2) is 50.2 Å². The van der Waals surface area contributed by atoms with E-state index in [1.807, 2.05) is 30.1 Å². The van der Waals surface area contributed by atoms with Crippen LogP contribution < -0.4 is 14.8 Å². The molecule has 5 heteroatoms. The van der Waals surface area contributed by atoms with Crippen molar-refractivity contribution in [3.63, 3.8) is 0 Å². The topological polar surface area (TPSA) is 50.8 Å². The number of likely N-dealkylation sites (N-methyl/N-ethyl adjacent to an activating group) is 1. The van der Waals surface area contributed by atoms with Crippen molar-refractivity contribution < 1.29 is 14.3 Å². The quantitative estimate of drug-likeness (QED) is 0.922. The molecule has 0 bridgehead atoms. The van der Waals surface area contributed by atoms with E-state index in [1.165, 1.54) is 0 Å². The lowest BCUT2D eigenvalue weighted by Crippen LogP contribution is -2.47. The number of hydrogen-bond acceptors (Lipinski definition) is 4. The molecule has 1 aromatic rings. The molecule has 1 atom stereocenters. The summed E-state index contributed by atoms with van der Waals surface area (Å²) in [4.78, 5) is 14.4. The lowest BCUT2D eigenvalue weighted by Gasteiger charge is -2.32. The standard InChI is InChI=1S/C18H26N2O3/c1-19-15-4-2-9-20(13-15)18(21)8-6-14-5-7-16-17(12-14)23-11-3-10-22-16/h5,7,12,15,19H,2-4,6,8-11,13H2,1H3/t15-/m0/s1. The second-order valence-corrected chi connectivity index (χ2v) is 6.30. The molecule has 0 spiro atoms. The fraction of sp³-hybridized carbons (Fsp3) is 0.611. The molecule has 23 heavy (non-hydrogen) atoms. The number of amides is 1. The van der Waals surface area contributed by atoms with Crippen molar-refractivity contribution in [1.82, 2.24) is 10.2 Å². The number of nitrogens with one attached hydrogen (secondary N) is 1. The molecule has 1 amide bonds. The predicted molar refractivity (Wildman–Crippen MR) is 89.0 cm³/mol. The normalized spacial score (nSPS) is 20.9. The third-order valence-electron chi connectivity index (χ3n) is 4.62. The van der Waals surface area contributed by atoms with Gasteiger partial charge in [0, 0.05) is 32.0 Å². The summed E-state index contributed by atoms with van der Waals surface area (Å²) >= 11 is 0. The van der Waals surface area contributed by atoms with Crippen molar-refractivity contribution in [2.24, 2.45) is 0 Å². The number of carbonyl (C=O) groups is 1. The van der Waals surface area contributed by atoms with E-state index in [0.29, 0.717) is 25.7 Å². The van der Waals surface area contributed by atoms with Gasteiger partial charge in [0.15, 0.2) is 11.5 Å². The van der Waals surface area contributed by atoms with Crippen LogP contribution in [0.1, 0.15) is 31.2 Å². The van der Waals surface area contributed by atoms with Gasteiger partial charge in [-0.1, -0.05) is 6.07 Å². The maximum atomic E-state index is 12.4. The molecule has 0 saturated carbocycles. The molecule has 0 aliphatic carbocycles. The van der Waals surface area contributed by atoms with Gasteiger partial charge < -0.3 is 19.7 Å². The molecular weight excluding hydrogens is 292 g/mol. The largest absolute Gasteiger partial charge is 0.490 e. The molecule has 0 aromatic heterocycles. The van der Waals surface area contributed by atoms with Crippen LogP contribution in [0.3, 0.4) is 0 Å². The highest BCUT2D eigenvalue weighted by Crippen LogP contribution is 2.30. The number of hydrogen-bond donors (Lipinski definition) is 1. The minimum absolute atomic E-state index is 0.247. The third-order valence-corrected chi connectivity index (χ3v) is 4.62. The number of carbonyl (C=O) groups excluding carboxylic acids is 1. The molecule has 2 heterocycles. The fourth-order valence-corrected chi connectivity index (χ4v) is 3.21. The lowest BCUT2D eigenvalue weighted by atomic mass is 10.0. The Morgan fingerprint density at radius 2 is 2.09 bits per heavy atom. The minimum Gasteiger partial charge on any atom is -0.490 e. The molecular formula is C18H26N2O3. The van der Waals surface area contributed by atoms with Crippen molar-refractivity contribution in [2.75, 3.05) is 33.4 Å². The summed E-state index contributed by atoms with van der Waals surface area (Å²) in [7, 11) is 1.97. The van der Waals surface area contributed by atoms with Crippen LogP contribution in [0.25, 0.3) is 0 Å². The van der Waals surface area contributed by atoms with Gasteiger partial charge in [-0.05, 0) is 44.0 Å². The number of fused-ring (bicyclic) bond motifs is 1. The number of nitrogens with zero attached hydrogens (tertiary/aromatic N) is 1. The Labute approximate surface area is 137 Å². The summed E-state index contributed by atoms with van der Waals surface area (Å²) in [6, 6.07) is 6.44. The fourth-order valence-electron chi connectivity index (χ4n) is 3.21. The van der Waals surface area contributed by atoms with Crippen LogP contribution in [0.15, 0.2) is 18.2 Å². The number of benzene rings is 1. The van der Waals surface area contributed by atoms with E-state index < -0.39 is 0 Å². The van der Waals surface area contributed by atoms with E-state index in [4.69, 9.17) is 9.47 Å². The van der Waals surface area contributed by atoms with Crippen LogP contribution in [0.2, 0.25) is 0 Å². The van der Waals surface area contributed by atoms with Crippen LogP contribution in [0, 0.1) is 0 Å². The van der Waals surface area contributed by atoms with E-state index in [9.17, 15) is 4.79 Å². The van der Waals surface area contributed by atoms with Gasteiger partial charge in [0.25, 0.3) is 0 Å². The zero-order chi connectivity index (χ0) is 16.1. The van der Waals surface area contributed by atoms with E-state index in [1.54, 1.807) is 0 Å². The molecule has 1 saturated heterocycles. The Bertz CT molecular complexity index is 547. The SMILES string of the molecule is CN[C@H]1CCCN(C(=O)CCc2ccc3c(c2)OCCCO3)C1. The maximum Gasteiger partial charge on any atom is 0.222 e. The smallest absolute Gasteiger partial charge is 0.222 e. The first-order valence-corrected chi connectivity index (χ1v) is 8.60. The predicted octanol–water partition coefficient (Wildman–Crippen LogP) is 1.99. The number of likely N-dealkylation sites (tertiary alicyclic amines) is 1. The van der Waals surface area contributed by atoms with Crippen LogP contribution in [0.5, 0.6) is 11.5 Å². The molecule has 0 radical (unpaired) electrons. The summed E-state index contributed by atoms with van der Waals surface area (Å²) in [5.41, 5.74) is 1.13. The van der Waals surface area contributed by atoms with Gasteiger partial charge in [0.05, 0.1) is 13.2 Å². The van der Waals surface area contributed by atoms with Crippen molar-refractivity contribution >= 4 is 5.91 Å². The van der Waals surface area contributed by atoms with Gasteiger partial charge in [-0.15, -0.1) is 0 Å². The van der Waals surface area contributed by atoms with E-state index in [0.717, 1.165) is 55.8 Å². The molecule has 1 fully saturated rings. The Morgan fingerprint density at radius 1 is 1.26 bits per heavy atom. The van der Waals surface area contributed by atoms with Gasteiger partial charge in [0.1, 0.15) is 0 Å². The van der Waals surface area contributed by atoms with E-state index in [-0.39, 0.29) is 5.91 Å². The molecule has 1 aromatic carbocycles. The number of rotatable bonds is 4. The second kappa shape index (κ2) is 7.68. The lowest BCUT2D eigenvalue weighted by molar-refractivity contribution is -0.132. The first-order valence-electron chi connectivity index (χ1n) is 8.60. The molecule has 0 unspecified atom stereocenters. The van der Waals surface area contributed by atoms with Crippen molar-refractivity contribution in [3.05, 3.63) is 23.8 Å². The highest BCUT2D eigenvalue weighted by molar-refractivity contribution is 5.76. The highest BCUT2D eigenvalue weighted by atomic mass is 16.5. The molecule has 5 nitrogen and oxygen atoms in total. The first kappa shape index (κ1) is 16.1. The van der Waals surface area contributed by atoms with Gasteiger partial charge >= 0.3 is 0 Å². The molecule has 2 aliphatic heterocycles. The van der Waals surface area contributed by atoms with Crippen molar-refractivity contribution in [3.8, 4) is 11.5 Å². The summed E-state index contributed by atoms with van der Waals surface area (Å²) in [6.07, 6.45) is 4.44. The number of ether oxygens (including phenoxy) is 2. The zero-order valence-corrected chi connectivity index (χ0v) is 13.8. The van der Waals surface area contributed by atoms with Gasteiger partial charge in [-0.3, -0.25) is 4.79 Å². The van der Waals surface area contributed by atoms with Crippen LogP contribution >= 0.6 is 0 Å². The summed E-state index contributed by atoms with van der Waals surface area (Å²) in [5, 5.41) is 3.28. The number of piperidine rings is 1. The van der Waals surface area contributed by atoms with Gasteiger partial charge in [0.2, 0.25) is 5.91 Å². The van der Waals surface area contributed by atoms with E-state index in [2.05, 4.69) is 5.32 Å². The molecule has 3 rings (SSSR count). The monoisotopic (exact) mass is 318 g/mol. The molecule has 2 aliphatic rings. The Balaban J connectivity index is 1.55. The Morgan fingerprint density at radius 3 is 2.91 bits per heavy atom. The van der Waals surface area contributed by atoms with E-state index >= 15 is 0 Å². The minimum atomic E-state index is 0.247. The first-order chi connectivity index (χ1) is 11.3. The van der Waals surface area contributed by atoms with Crippen LogP contribution in [-0.2, 0) is 11.2 Å². The summed E-state index contributed by atoms with van der Waals surface area (Å²) in [6.45, 7) is 3.11. The zero-order valence-electron chi connectivity index (χ0n) is 13.8. The van der Waals surface area contributed by atoms with Crippen molar-refractivity contribution in [2.45, 2.75) is 38.1 Å².